The summed E-state index contributed by atoms with van der Waals surface area (Å²) in [4.78, 5) is 0. The van der Waals surface area contributed by atoms with Crippen LogP contribution in [0.15, 0.2) is 40.4 Å². The summed E-state index contributed by atoms with van der Waals surface area (Å²) in [7, 11) is 0. The number of alkyl halides is 2. The fraction of sp³-hybridized carbons (Fsp3) is 0.231. The molecule has 0 nitrogen and oxygen atoms in total. The molecule has 0 unspecified atom stereocenters. The van der Waals surface area contributed by atoms with E-state index in [1.54, 1.807) is 32.1 Å². The SMILES string of the molecule is CC=C1C(=CC)C(F)(F)c2cc(Br)ccc21. The van der Waals surface area contributed by atoms with Gasteiger partial charge in [0.05, 0.1) is 0 Å². The topological polar surface area (TPSA) is 0 Å². The molecule has 1 aliphatic carbocycles. The van der Waals surface area contributed by atoms with Gasteiger partial charge in [-0.2, -0.15) is 8.78 Å². The van der Waals surface area contributed by atoms with E-state index in [-0.39, 0.29) is 11.1 Å². The van der Waals surface area contributed by atoms with E-state index in [0.29, 0.717) is 15.6 Å². The molecule has 2 rings (SSSR count). The van der Waals surface area contributed by atoms with Crippen molar-refractivity contribution in [3.05, 3.63) is 51.5 Å². The second-order valence-electron chi connectivity index (χ2n) is 3.67. The summed E-state index contributed by atoms with van der Waals surface area (Å²) in [5.41, 5.74) is 1.45. The lowest BCUT2D eigenvalue weighted by atomic mass is 10.1. The Kier molecular flexibility index (Phi) is 2.74. The van der Waals surface area contributed by atoms with Crippen molar-refractivity contribution in [2.45, 2.75) is 19.8 Å². The molecule has 16 heavy (non-hydrogen) atoms. The molecule has 1 aliphatic rings. The van der Waals surface area contributed by atoms with Crippen molar-refractivity contribution in [1.82, 2.24) is 0 Å². The van der Waals surface area contributed by atoms with Crippen molar-refractivity contribution in [2.24, 2.45) is 0 Å². The molecule has 0 radical (unpaired) electrons. The molecule has 0 saturated carbocycles. The van der Waals surface area contributed by atoms with E-state index >= 15 is 0 Å². The minimum Gasteiger partial charge on any atom is -0.196 e. The van der Waals surface area contributed by atoms with Crippen LogP contribution in [0.2, 0.25) is 0 Å². The molecule has 0 N–H and O–H groups in total. The molecule has 0 aliphatic heterocycles. The van der Waals surface area contributed by atoms with Crippen LogP contribution >= 0.6 is 15.9 Å². The van der Waals surface area contributed by atoms with Crippen molar-refractivity contribution in [2.75, 3.05) is 0 Å². The quantitative estimate of drug-likeness (QED) is 0.635. The Balaban J connectivity index is 2.78. The van der Waals surface area contributed by atoms with Crippen molar-refractivity contribution in [3.63, 3.8) is 0 Å². The fourth-order valence-corrected chi connectivity index (χ4v) is 2.48. The first-order valence-electron chi connectivity index (χ1n) is 5.04. The van der Waals surface area contributed by atoms with Crippen LogP contribution in [0.25, 0.3) is 5.57 Å². The number of fused-ring (bicyclic) bond motifs is 1. The van der Waals surface area contributed by atoms with Gasteiger partial charge in [0.25, 0.3) is 5.92 Å². The second-order valence-corrected chi connectivity index (χ2v) is 4.58. The zero-order chi connectivity index (χ0) is 11.9. The number of hydrogen-bond donors (Lipinski definition) is 0. The highest BCUT2D eigenvalue weighted by Gasteiger charge is 2.46. The summed E-state index contributed by atoms with van der Waals surface area (Å²) in [5.74, 6) is -2.88. The number of benzene rings is 1. The van der Waals surface area contributed by atoms with E-state index in [4.69, 9.17) is 0 Å². The molecule has 0 saturated heterocycles. The van der Waals surface area contributed by atoms with Gasteiger partial charge < -0.3 is 0 Å². The molecule has 0 amide bonds. The monoisotopic (exact) mass is 284 g/mol. The van der Waals surface area contributed by atoms with Gasteiger partial charge in [-0.1, -0.05) is 34.1 Å². The Morgan fingerprint density at radius 2 is 1.88 bits per heavy atom. The Labute approximate surface area is 102 Å². The number of rotatable bonds is 0. The number of halogens is 3. The molecule has 0 heterocycles. The average Bonchev–Trinajstić information content (AvgIpc) is 2.46. The van der Waals surface area contributed by atoms with E-state index in [2.05, 4.69) is 15.9 Å². The largest absolute Gasteiger partial charge is 0.299 e. The lowest BCUT2D eigenvalue weighted by Gasteiger charge is -2.12. The van der Waals surface area contributed by atoms with Crippen molar-refractivity contribution in [1.29, 1.82) is 0 Å². The lowest BCUT2D eigenvalue weighted by molar-refractivity contribution is 0.0477. The van der Waals surface area contributed by atoms with Crippen LogP contribution in [0, 0.1) is 0 Å². The van der Waals surface area contributed by atoms with E-state index < -0.39 is 5.92 Å². The van der Waals surface area contributed by atoms with Gasteiger partial charge in [-0.25, -0.2) is 0 Å². The summed E-state index contributed by atoms with van der Waals surface area (Å²) in [5, 5.41) is 0. The Morgan fingerprint density at radius 1 is 1.19 bits per heavy atom. The van der Waals surface area contributed by atoms with Crippen LogP contribution < -0.4 is 0 Å². The lowest BCUT2D eigenvalue weighted by Crippen LogP contribution is -2.10. The molecule has 84 valence electrons. The highest BCUT2D eigenvalue weighted by molar-refractivity contribution is 9.10. The van der Waals surface area contributed by atoms with Crippen LogP contribution in [0.4, 0.5) is 8.78 Å². The first-order chi connectivity index (χ1) is 7.52. The molecule has 0 atom stereocenters. The van der Waals surface area contributed by atoms with Crippen LogP contribution in [-0.2, 0) is 5.92 Å². The normalized spacial score (nSPS) is 22.8. The van der Waals surface area contributed by atoms with E-state index in [1.807, 2.05) is 0 Å². The Hall–Kier alpha value is -0.960. The van der Waals surface area contributed by atoms with Gasteiger partial charge in [0.15, 0.2) is 0 Å². The van der Waals surface area contributed by atoms with E-state index in [9.17, 15) is 8.78 Å². The minimum atomic E-state index is -2.88. The van der Waals surface area contributed by atoms with Crippen molar-refractivity contribution in [3.8, 4) is 0 Å². The third-order valence-corrected chi connectivity index (χ3v) is 3.31. The minimum absolute atomic E-state index is 0.0862. The van der Waals surface area contributed by atoms with Crippen LogP contribution in [0.1, 0.15) is 25.0 Å². The average molecular weight is 285 g/mol. The molecule has 0 fully saturated rings. The van der Waals surface area contributed by atoms with Crippen molar-refractivity contribution < 1.29 is 8.78 Å². The van der Waals surface area contributed by atoms with Gasteiger partial charge in [0.1, 0.15) is 0 Å². The first-order valence-corrected chi connectivity index (χ1v) is 5.83. The smallest absolute Gasteiger partial charge is 0.196 e. The van der Waals surface area contributed by atoms with Gasteiger partial charge in [-0.3, -0.25) is 0 Å². The predicted octanol–water partition coefficient (Wildman–Crippen LogP) is 4.90. The summed E-state index contributed by atoms with van der Waals surface area (Å²) in [6, 6.07) is 5.02. The highest BCUT2D eigenvalue weighted by atomic mass is 79.9. The molecule has 1 aromatic rings. The van der Waals surface area contributed by atoms with Crippen LogP contribution in [0.3, 0.4) is 0 Å². The number of hydrogen-bond acceptors (Lipinski definition) is 0. The summed E-state index contributed by atoms with van der Waals surface area (Å²) in [6.45, 7) is 3.43. The van der Waals surface area contributed by atoms with Crippen LogP contribution in [0.5, 0.6) is 0 Å². The third kappa shape index (κ3) is 1.46. The van der Waals surface area contributed by atoms with Crippen LogP contribution in [-0.4, -0.2) is 0 Å². The molecule has 0 bridgehead atoms. The molecule has 3 heteroatoms. The standard InChI is InChI=1S/C13H11BrF2/c1-3-9-10-6-5-8(14)7-12(10)13(15,16)11(9)4-2/h3-7H,1-2H3. The van der Waals surface area contributed by atoms with Gasteiger partial charge in [0.2, 0.25) is 0 Å². The van der Waals surface area contributed by atoms with E-state index in [1.165, 1.54) is 12.1 Å². The number of allylic oxidation sites excluding steroid dienone is 4. The summed E-state index contributed by atoms with van der Waals surface area (Å²) in [6.07, 6.45) is 3.23. The molecular formula is C13H11BrF2. The van der Waals surface area contributed by atoms with Gasteiger partial charge >= 0.3 is 0 Å². The zero-order valence-corrected chi connectivity index (χ0v) is 10.6. The highest BCUT2D eigenvalue weighted by Crippen LogP contribution is 2.52. The summed E-state index contributed by atoms with van der Waals surface area (Å²) >= 11 is 3.23. The van der Waals surface area contributed by atoms with Gasteiger partial charge in [0, 0.05) is 15.6 Å². The van der Waals surface area contributed by atoms with Crippen molar-refractivity contribution >= 4 is 21.5 Å². The van der Waals surface area contributed by atoms with E-state index in [0.717, 1.165) is 0 Å². The fourth-order valence-electron chi connectivity index (χ4n) is 2.12. The maximum absolute atomic E-state index is 14.1. The molecule has 0 aromatic heterocycles. The molecule has 0 spiro atoms. The third-order valence-electron chi connectivity index (χ3n) is 2.82. The summed E-state index contributed by atoms with van der Waals surface area (Å²) < 4.78 is 28.9. The Morgan fingerprint density at radius 3 is 2.44 bits per heavy atom. The second kappa shape index (κ2) is 3.81. The molecular weight excluding hydrogens is 274 g/mol. The first kappa shape index (κ1) is 11.5. The van der Waals surface area contributed by atoms with Gasteiger partial charge in [-0.05, 0) is 37.1 Å². The maximum atomic E-state index is 14.1. The Bertz CT molecular complexity index is 499. The maximum Gasteiger partial charge on any atom is 0.299 e. The zero-order valence-electron chi connectivity index (χ0n) is 9.02. The molecule has 1 aromatic carbocycles. The predicted molar refractivity (Wildman–Crippen MR) is 65.4 cm³/mol. The van der Waals surface area contributed by atoms with Gasteiger partial charge in [-0.15, -0.1) is 0 Å².